The first kappa shape index (κ1) is 14.3. The summed E-state index contributed by atoms with van der Waals surface area (Å²) in [6, 6.07) is -0.850. The van der Waals surface area contributed by atoms with Crippen LogP contribution in [0.15, 0.2) is 0 Å². The van der Waals surface area contributed by atoms with Crippen molar-refractivity contribution in [2.24, 2.45) is 0 Å². The van der Waals surface area contributed by atoms with E-state index in [1.54, 1.807) is 0 Å². The fourth-order valence-electron chi connectivity index (χ4n) is 1.42. The van der Waals surface area contributed by atoms with Crippen molar-refractivity contribution in [2.75, 3.05) is 7.05 Å². The smallest absolute Gasteiger partial charge is 0.735 e. The average molecular weight is 221 g/mol. The SMILES string of the molecule is CN(C1CCC(F)(F)C1)S(=O)(=O)[O-].[Li+]. The fraction of sp³-hybridized carbons (Fsp3) is 1.00. The van der Waals surface area contributed by atoms with Crippen LogP contribution in [-0.4, -0.2) is 36.3 Å². The molecule has 1 saturated carbocycles. The molecule has 8 heteroatoms. The van der Waals surface area contributed by atoms with Crippen molar-refractivity contribution in [3.05, 3.63) is 0 Å². The summed E-state index contributed by atoms with van der Waals surface area (Å²) in [6.45, 7) is 0. The molecule has 0 amide bonds. The van der Waals surface area contributed by atoms with Gasteiger partial charge in [0, 0.05) is 25.9 Å². The first-order chi connectivity index (χ1) is 5.72. The van der Waals surface area contributed by atoms with Crippen LogP contribution in [-0.2, 0) is 10.3 Å². The molecule has 1 fully saturated rings. The monoisotopic (exact) mass is 221 g/mol. The van der Waals surface area contributed by atoms with Gasteiger partial charge >= 0.3 is 18.9 Å². The maximum absolute atomic E-state index is 12.6. The molecule has 1 unspecified atom stereocenters. The van der Waals surface area contributed by atoms with Crippen molar-refractivity contribution in [2.45, 2.75) is 31.2 Å². The maximum Gasteiger partial charge on any atom is 1.00 e. The molecule has 0 aromatic rings. The third-order valence-electron chi connectivity index (χ3n) is 2.24. The van der Waals surface area contributed by atoms with E-state index in [1.807, 2.05) is 0 Å². The summed E-state index contributed by atoms with van der Waals surface area (Å²) in [5.74, 6) is -2.83. The van der Waals surface area contributed by atoms with Gasteiger partial charge in [0.15, 0.2) is 10.3 Å². The molecule has 14 heavy (non-hydrogen) atoms. The van der Waals surface area contributed by atoms with Crippen LogP contribution in [0.2, 0.25) is 0 Å². The molecule has 0 radical (unpaired) electrons. The topological polar surface area (TPSA) is 60.4 Å². The summed E-state index contributed by atoms with van der Waals surface area (Å²) in [6.07, 6.45) is -0.854. The summed E-state index contributed by atoms with van der Waals surface area (Å²) in [7, 11) is -3.55. The van der Waals surface area contributed by atoms with E-state index < -0.39 is 28.7 Å². The zero-order valence-electron chi connectivity index (χ0n) is 8.03. The van der Waals surface area contributed by atoms with Crippen LogP contribution in [0.4, 0.5) is 8.78 Å². The van der Waals surface area contributed by atoms with Crippen molar-refractivity contribution >= 4 is 10.3 Å². The second-order valence-corrected chi connectivity index (χ2v) is 4.66. The van der Waals surface area contributed by atoms with Crippen molar-refractivity contribution in [1.29, 1.82) is 0 Å². The van der Waals surface area contributed by atoms with Gasteiger partial charge in [-0.25, -0.2) is 21.5 Å². The Morgan fingerprint density at radius 1 is 1.50 bits per heavy atom. The molecular weight excluding hydrogens is 211 g/mol. The summed E-state index contributed by atoms with van der Waals surface area (Å²) in [5, 5.41) is 0. The van der Waals surface area contributed by atoms with Crippen LogP contribution in [0.25, 0.3) is 0 Å². The summed E-state index contributed by atoms with van der Waals surface area (Å²) >= 11 is 0. The molecule has 0 bridgehead atoms. The maximum atomic E-state index is 12.6. The van der Waals surface area contributed by atoms with Crippen molar-refractivity contribution in [3.63, 3.8) is 0 Å². The number of hydrogen-bond donors (Lipinski definition) is 0. The molecule has 0 aromatic heterocycles. The molecule has 0 aliphatic heterocycles. The molecule has 0 spiro atoms. The second-order valence-electron chi connectivity index (χ2n) is 3.23. The molecule has 78 valence electrons. The van der Waals surface area contributed by atoms with E-state index in [0.717, 1.165) is 7.05 Å². The predicted molar refractivity (Wildman–Crippen MR) is 40.0 cm³/mol. The number of halogens is 2. The zero-order valence-corrected chi connectivity index (χ0v) is 8.85. The predicted octanol–water partition coefficient (Wildman–Crippen LogP) is -2.43. The summed E-state index contributed by atoms with van der Waals surface area (Å²) < 4.78 is 57.1. The second kappa shape index (κ2) is 4.45. The Kier molecular flexibility index (Phi) is 4.56. The molecule has 1 aliphatic carbocycles. The van der Waals surface area contributed by atoms with Gasteiger partial charge in [0.05, 0.1) is 0 Å². The molecular formula is C6H10F2LiNO3S. The van der Waals surface area contributed by atoms with E-state index in [4.69, 9.17) is 0 Å². The Balaban J connectivity index is 0.00000169. The first-order valence-corrected chi connectivity index (χ1v) is 5.15. The van der Waals surface area contributed by atoms with Gasteiger partial charge in [0.1, 0.15) is 0 Å². The van der Waals surface area contributed by atoms with Crippen LogP contribution >= 0.6 is 0 Å². The number of nitrogens with zero attached hydrogens (tertiary/aromatic N) is 1. The van der Waals surface area contributed by atoms with E-state index in [9.17, 15) is 21.8 Å². The first-order valence-electron chi connectivity index (χ1n) is 3.79. The molecule has 1 atom stereocenters. The number of hydrogen-bond acceptors (Lipinski definition) is 3. The molecule has 1 rings (SSSR count). The van der Waals surface area contributed by atoms with Crippen LogP contribution in [0.5, 0.6) is 0 Å². The van der Waals surface area contributed by atoms with Crippen LogP contribution in [0.1, 0.15) is 19.3 Å². The molecule has 0 saturated heterocycles. The van der Waals surface area contributed by atoms with Gasteiger partial charge in [-0.05, 0) is 6.42 Å². The van der Waals surface area contributed by atoms with E-state index in [2.05, 4.69) is 0 Å². The van der Waals surface area contributed by atoms with Gasteiger partial charge < -0.3 is 4.55 Å². The normalized spacial score (nSPS) is 26.2. The average Bonchev–Trinajstić information content (AvgIpc) is 2.26. The van der Waals surface area contributed by atoms with Gasteiger partial charge in [-0.3, -0.25) is 0 Å². The molecule has 0 heterocycles. The Bertz CT molecular complexity index is 295. The van der Waals surface area contributed by atoms with E-state index in [1.165, 1.54) is 0 Å². The fourth-order valence-corrected chi connectivity index (χ4v) is 1.96. The van der Waals surface area contributed by atoms with E-state index in [-0.39, 0.29) is 31.7 Å². The van der Waals surface area contributed by atoms with Crippen LogP contribution < -0.4 is 18.9 Å². The summed E-state index contributed by atoms with van der Waals surface area (Å²) in [4.78, 5) is 0. The zero-order chi connectivity index (χ0) is 10.3. The standard InChI is InChI=1S/C6H11F2NO3S.Li/c1-9(13(10,11)12)5-2-3-6(7,8)4-5;/h5H,2-4H2,1H3,(H,10,11,12);/q;+1/p-1. The minimum Gasteiger partial charge on any atom is -0.735 e. The minimum atomic E-state index is -4.59. The quantitative estimate of drug-likeness (QED) is 0.385. The third kappa shape index (κ3) is 3.48. The van der Waals surface area contributed by atoms with E-state index >= 15 is 0 Å². The van der Waals surface area contributed by atoms with E-state index in [0.29, 0.717) is 4.31 Å². The van der Waals surface area contributed by atoms with Crippen LogP contribution in [0, 0.1) is 0 Å². The Morgan fingerprint density at radius 2 is 2.00 bits per heavy atom. The molecule has 1 aliphatic rings. The molecule has 4 nitrogen and oxygen atoms in total. The number of rotatable bonds is 2. The number of alkyl halides is 2. The van der Waals surface area contributed by atoms with Gasteiger partial charge in [-0.15, -0.1) is 0 Å². The Hall–Kier alpha value is 0.327. The minimum absolute atomic E-state index is 0. The summed E-state index contributed by atoms with van der Waals surface area (Å²) in [5.41, 5.74) is 0. The van der Waals surface area contributed by atoms with Crippen molar-refractivity contribution in [3.8, 4) is 0 Å². The van der Waals surface area contributed by atoms with Crippen molar-refractivity contribution in [1.82, 2.24) is 4.31 Å². The molecule has 0 aromatic carbocycles. The largest absolute Gasteiger partial charge is 1.00 e. The van der Waals surface area contributed by atoms with Gasteiger partial charge in [-0.1, -0.05) is 0 Å². The van der Waals surface area contributed by atoms with Gasteiger partial charge in [0.2, 0.25) is 5.92 Å². The third-order valence-corrected chi connectivity index (χ3v) is 3.25. The van der Waals surface area contributed by atoms with Crippen LogP contribution in [0.3, 0.4) is 0 Å². The van der Waals surface area contributed by atoms with Gasteiger partial charge in [-0.2, -0.15) is 0 Å². The van der Waals surface area contributed by atoms with Gasteiger partial charge in [0.25, 0.3) is 0 Å². The Labute approximate surface area is 93.7 Å². The van der Waals surface area contributed by atoms with Crippen molar-refractivity contribution < 1.29 is 40.6 Å². The molecule has 0 N–H and O–H groups in total. The Morgan fingerprint density at radius 3 is 2.29 bits per heavy atom.